The van der Waals surface area contributed by atoms with Crippen LogP contribution in [-0.4, -0.2) is 24.1 Å². The second-order valence-corrected chi connectivity index (χ2v) is 13.0. The Hall–Kier alpha value is -6.58. The third kappa shape index (κ3) is 4.59. The predicted molar refractivity (Wildman–Crippen MR) is 205 cm³/mol. The van der Waals surface area contributed by atoms with Crippen molar-refractivity contribution >= 4 is 49.3 Å². The van der Waals surface area contributed by atoms with Gasteiger partial charge in [0.05, 0.1) is 40.0 Å². The molecule has 0 spiro atoms. The van der Waals surface area contributed by atoms with Gasteiger partial charge in [-0.1, -0.05) is 66.7 Å². The lowest BCUT2D eigenvalue weighted by molar-refractivity contribution is 0.928. The molecule has 9 rings (SSSR count). The maximum atomic E-state index is 8.08. The molecule has 0 aliphatic heterocycles. The van der Waals surface area contributed by atoms with Gasteiger partial charge in [-0.3, -0.25) is 0 Å². The maximum absolute atomic E-state index is 8.08. The summed E-state index contributed by atoms with van der Waals surface area (Å²) in [6.07, 6.45) is 0. The summed E-state index contributed by atoms with van der Waals surface area (Å²) < 4.78 is 4.72. The van der Waals surface area contributed by atoms with Crippen molar-refractivity contribution in [3.8, 4) is 33.9 Å². The number of aromatic nitrogens is 5. The molecule has 0 bridgehead atoms. The molecule has 6 heteroatoms. The number of nitrogens with zero attached hydrogens (tertiary/aromatic N) is 6. The highest BCUT2D eigenvalue weighted by atomic mass is 15.0. The molecule has 0 aliphatic rings. The Morgan fingerprint density at radius 3 is 1.54 bits per heavy atom. The first-order valence-electron chi connectivity index (χ1n) is 16.7. The minimum Gasteiger partial charge on any atom is -0.309 e. The fourth-order valence-corrected chi connectivity index (χ4v) is 7.52. The van der Waals surface area contributed by atoms with E-state index in [-0.39, 0.29) is 0 Å². The summed E-state index contributed by atoms with van der Waals surface area (Å²) in [6, 6.07) is 43.0. The smallest absolute Gasteiger partial charge is 0.188 e. The van der Waals surface area contributed by atoms with Crippen LogP contribution in [0.4, 0.5) is 5.69 Å². The Labute approximate surface area is 289 Å². The zero-order chi connectivity index (χ0) is 34.1. The average molecular weight is 645 g/mol. The molecule has 238 valence electrons. The van der Waals surface area contributed by atoms with Gasteiger partial charge in [-0.2, -0.15) is 0 Å². The van der Waals surface area contributed by atoms with Crippen LogP contribution in [0.15, 0.2) is 121 Å². The van der Waals surface area contributed by atoms with E-state index in [1.165, 1.54) is 32.7 Å². The number of hydrogen-bond acceptors (Lipinski definition) is 3. The van der Waals surface area contributed by atoms with E-state index >= 15 is 0 Å². The molecule has 0 aliphatic carbocycles. The van der Waals surface area contributed by atoms with Crippen molar-refractivity contribution < 1.29 is 0 Å². The van der Waals surface area contributed by atoms with E-state index in [1.54, 1.807) is 0 Å². The number of benzene rings is 6. The molecule has 0 saturated carbocycles. The molecule has 0 radical (unpaired) electrons. The fourth-order valence-electron chi connectivity index (χ4n) is 7.52. The molecule has 9 aromatic rings. The lowest BCUT2D eigenvalue weighted by Crippen LogP contribution is -2.03. The fraction of sp³-hybridized carbons (Fsp3) is 0.0909. The second kappa shape index (κ2) is 11.3. The van der Waals surface area contributed by atoms with Crippen molar-refractivity contribution in [3.05, 3.63) is 156 Å². The molecule has 0 N–H and O–H groups in total. The van der Waals surface area contributed by atoms with E-state index in [4.69, 9.17) is 16.5 Å². The van der Waals surface area contributed by atoms with Crippen LogP contribution >= 0.6 is 0 Å². The van der Waals surface area contributed by atoms with E-state index in [0.717, 1.165) is 50.1 Å². The van der Waals surface area contributed by atoms with E-state index in [1.807, 2.05) is 26.0 Å². The lowest BCUT2D eigenvalue weighted by atomic mass is 9.97. The molecular formula is C44H32N6. The molecule has 0 saturated heterocycles. The standard InChI is InChI=1S/C44H32N6/c1-26-14-18-34-32-10-6-8-12-38(32)49(42(34)22-26)40-20-16-30(44-47-28(3)46-29(4)48-44)24-36(40)37-25-31(45-5)17-21-41(37)50-39-13-9-7-11-33(39)35-19-15-27(2)23-43(35)50/h6-25H,1-4H3. The van der Waals surface area contributed by atoms with Gasteiger partial charge in [0.1, 0.15) is 11.6 Å². The van der Waals surface area contributed by atoms with Crippen molar-refractivity contribution in [1.82, 2.24) is 24.1 Å². The van der Waals surface area contributed by atoms with Gasteiger partial charge in [0.2, 0.25) is 0 Å². The Bertz CT molecular complexity index is 2860. The quantitative estimate of drug-likeness (QED) is 0.179. The molecule has 0 unspecified atom stereocenters. The SMILES string of the molecule is [C-]#[N+]c1ccc(-n2c3ccccc3c3ccc(C)cc32)c(-c2cc(-c3nc(C)nc(C)n3)ccc2-n2c3ccccc3c3ccc(C)cc32)c1. The highest BCUT2D eigenvalue weighted by molar-refractivity contribution is 6.11. The molecule has 50 heavy (non-hydrogen) atoms. The maximum Gasteiger partial charge on any atom is 0.188 e. The Kier molecular flexibility index (Phi) is 6.65. The minimum atomic E-state index is 0.571. The number of rotatable bonds is 4. The largest absolute Gasteiger partial charge is 0.309 e. The third-order valence-electron chi connectivity index (χ3n) is 9.65. The van der Waals surface area contributed by atoms with Gasteiger partial charge < -0.3 is 9.13 Å². The summed E-state index contributed by atoms with van der Waals surface area (Å²) in [5, 5.41) is 4.76. The van der Waals surface area contributed by atoms with Crippen molar-refractivity contribution in [2.24, 2.45) is 0 Å². The number of fused-ring (bicyclic) bond motifs is 6. The summed E-state index contributed by atoms with van der Waals surface area (Å²) in [5.41, 5.74) is 12.2. The summed E-state index contributed by atoms with van der Waals surface area (Å²) >= 11 is 0. The number of para-hydroxylation sites is 2. The van der Waals surface area contributed by atoms with Crippen LogP contribution in [0.1, 0.15) is 22.8 Å². The van der Waals surface area contributed by atoms with Gasteiger partial charge in [-0.25, -0.2) is 19.8 Å². The first-order chi connectivity index (χ1) is 24.4. The summed E-state index contributed by atoms with van der Waals surface area (Å²) in [5.74, 6) is 1.97. The van der Waals surface area contributed by atoms with Crippen molar-refractivity contribution in [2.75, 3.05) is 0 Å². The average Bonchev–Trinajstić information content (AvgIpc) is 3.62. The van der Waals surface area contributed by atoms with E-state index in [2.05, 4.69) is 142 Å². The number of hydrogen-bond donors (Lipinski definition) is 0. The van der Waals surface area contributed by atoms with E-state index in [9.17, 15) is 0 Å². The van der Waals surface area contributed by atoms with Gasteiger partial charge in [-0.05, 0) is 99.0 Å². The molecule has 0 amide bonds. The Morgan fingerprint density at radius 1 is 0.480 bits per heavy atom. The molecule has 6 nitrogen and oxygen atoms in total. The zero-order valence-corrected chi connectivity index (χ0v) is 28.2. The third-order valence-corrected chi connectivity index (χ3v) is 9.65. The van der Waals surface area contributed by atoms with Crippen LogP contribution in [0.25, 0.3) is 82.3 Å². The van der Waals surface area contributed by atoms with Crippen LogP contribution in [0.5, 0.6) is 0 Å². The Morgan fingerprint density at radius 2 is 0.980 bits per heavy atom. The first-order valence-corrected chi connectivity index (χ1v) is 16.7. The first kappa shape index (κ1) is 29.6. The summed E-state index contributed by atoms with van der Waals surface area (Å²) in [4.78, 5) is 17.9. The minimum absolute atomic E-state index is 0.571. The van der Waals surface area contributed by atoms with Crippen LogP contribution < -0.4 is 0 Å². The molecule has 0 atom stereocenters. The van der Waals surface area contributed by atoms with Gasteiger partial charge in [0.25, 0.3) is 0 Å². The molecule has 6 aromatic carbocycles. The Balaban J connectivity index is 1.44. The van der Waals surface area contributed by atoms with Gasteiger partial charge >= 0.3 is 0 Å². The highest BCUT2D eigenvalue weighted by Gasteiger charge is 2.22. The zero-order valence-electron chi connectivity index (χ0n) is 28.2. The topological polar surface area (TPSA) is 52.9 Å². The summed E-state index contributed by atoms with van der Waals surface area (Å²) in [6.45, 7) is 16.1. The van der Waals surface area contributed by atoms with Crippen molar-refractivity contribution in [3.63, 3.8) is 0 Å². The molecule has 3 aromatic heterocycles. The van der Waals surface area contributed by atoms with Gasteiger partial charge in [0.15, 0.2) is 11.5 Å². The van der Waals surface area contributed by atoms with Crippen LogP contribution in [-0.2, 0) is 0 Å². The van der Waals surface area contributed by atoms with Gasteiger partial charge in [0, 0.05) is 32.7 Å². The van der Waals surface area contributed by atoms with Crippen LogP contribution in [0.3, 0.4) is 0 Å². The van der Waals surface area contributed by atoms with Crippen molar-refractivity contribution in [2.45, 2.75) is 27.7 Å². The number of aryl methyl sites for hydroxylation is 4. The van der Waals surface area contributed by atoms with Crippen LogP contribution in [0.2, 0.25) is 0 Å². The molecule has 3 heterocycles. The predicted octanol–water partition coefficient (Wildman–Crippen LogP) is 11.2. The molecular weight excluding hydrogens is 613 g/mol. The highest BCUT2D eigenvalue weighted by Crippen LogP contribution is 2.43. The monoisotopic (exact) mass is 644 g/mol. The van der Waals surface area contributed by atoms with Gasteiger partial charge in [-0.15, -0.1) is 0 Å². The van der Waals surface area contributed by atoms with E-state index < -0.39 is 0 Å². The van der Waals surface area contributed by atoms with Crippen LogP contribution in [0, 0.1) is 34.3 Å². The van der Waals surface area contributed by atoms with E-state index in [0.29, 0.717) is 23.2 Å². The summed E-state index contributed by atoms with van der Waals surface area (Å²) in [7, 11) is 0. The molecule has 0 fully saturated rings. The second-order valence-electron chi connectivity index (χ2n) is 13.0. The van der Waals surface area contributed by atoms with Crippen molar-refractivity contribution in [1.29, 1.82) is 0 Å². The normalized spacial score (nSPS) is 11.6. The lowest BCUT2D eigenvalue weighted by Gasteiger charge is -2.20.